The number of amides is 2. The molecule has 1 aliphatic rings. The van der Waals surface area contributed by atoms with Crippen LogP contribution in [0.2, 0.25) is 0 Å². The summed E-state index contributed by atoms with van der Waals surface area (Å²) in [5.41, 5.74) is -1.19. The number of carbonyl (C=O) groups excluding carboxylic acids is 2. The Bertz CT molecular complexity index is 599. The normalized spacial score (nSPS) is 16.0. The Balaban J connectivity index is 2.97. The quantitative estimate of drug-likeness (QED) is 0.0582. The Morgan fingerprint density at radius 1 is 0.341 bits per heavy atom. The summed E-state index contributed by atoms with van der Waals surface area (Å²) in [6.45, 7) is 9.08. The number of hydrogen-bond donors (Lipinski definition) is 2. The molecule has 1 rings (SSSR count). The van der Waals surface area contributed by atoms with Crippen LogP contribution in [0.4, 0.5) is 0 Å². The fourth-order valence-corrected chi connectivity index (χ4v) is 7.40. The van der Waals surface area contributed by atoms with Gasteiger partial charge in [0, 0.05) is 0 Å². The zero-order valence-electron chi connectivity index (χ0n) is 30.4. The third-order valence-corrected chi connectivity index (χ3v) is 10.4. The summed E-state index contributed by atoms with van der Waals surface area (Å²) in [7, 11) is 0. The molecular weight excluding hydrogens is 540 g/mol. The second kappa shape index (κ2) is 27.2. The van der Waals surface area contributed by atoms with Crippen molar-refractivity contribution in [2.45, 2.75) is 244 Å². The van der Waals surface area contributed by atoms with Gasteiger partial charge in [-0.15, -0.1) is 0 Å². The molecule has 0 radical (unpaired) electrons. The van der Waals surface area contributed by atoms with Gasteiger partial charge in [-0.2, -0.15) is 0 Å². The van der Waals surface area contributed by atoms with E-state index in [1.165, 1.54) is 154 Å². The molecule has 4 heteroatoms. The van der Waals surface area contributed by atoms with Crippen molar-refractivity contribution in [2.24, 2.45) is 0 Å². The molecule has 0 atom stereocenters. The Morgan fingerprint density at radius 3 is 0.773 bits per heavy atom. The average Bonchev–Trinajstić information content (AvgIpc) is 3.02. The number of hydrogen-bond acceptors (Lipinski definition) is 3. The van der Waals surface area contributed by atoms with Crippen molar-refractivity contribution in [1.29, 1.82) is 0 Å². The molecule has 44 heavy (non-hydrogen) atoms. The van der Waals surface area contributed by atoms with Gasteiger partial charge in [0.05, 0.1) is 11.1 Å². The largest absolute Gasteiger partial charge is 0.293 e. The Hall–Kier alpha value is -0.900. The van der Waals surface area contributed by atoms with Crippen LogP contribution in [0, 0.1) is 0 Å². The molecule has 0 aliphatic carbocycles. The van der Waals surface area contributed by atoms with Crippen LogP contribution in [0.25, 0.3) is 0 Å². The van der Waals surface area contributed by atoms with Gasteiger partial charge in [0.25, 0.3) is 0 Å². The van der Waals surface area contributed by atoms with Crippen molar-refractivity contribution in [3.05, 3.63) is 0 Å². The lowest BCUT2D eigenvalue weighted by atomic mass is 9.75. The zero-order chi connectivity index (χ0) is 32.2. The van der Waals surface area contributed by atoms with Crippen LogP contribution < -0.4 is 10.6 Å². The molecular formula is C40H78N2O2. The first-order chi connectivity index (χ1) is 21.5. The van der Waals surface area contributed by atoms with Crippen molar-refractivity contribution in [3.8, 4) is 0 Å². The maximum atomic E-state index is 13.8. The minimum atomic E-state index is -0.594. The number of nitrogens with one attached hydrogen (secondary N) is 2. The van der Waals surface area contributed by atoms with E-state index in [0.29, 0.717) is 0 Å². The standard InChI is InChI=1S/C40H78N2O2/c1-5-9-13-17-21-25-29-33-39(34-30-26-22-18-14-10-6-2)37(43)41-38(44)40(42-39,35-31-27-23-19-15-11-7-3)36-32-28-24-20-16-12-8-4/h42H,5-36H2,1-4H3,(H,41,43,44). The molecule has 0 bridgehead atoms. The van der Waals surface area contributed by atoms with Crippen LogP contribution in [0.3, 0.4) is 0 Å². The lowest BCUT2D eigenvalue weighted by Crippen LogP contribution is -2.75. The first kappa shape index (κ1) is 41.1. The van der Waals surface area contributed by atoms with Gasteiger partial charge in [-0.05, 0) is 25.7 Å². The van der Waals surface area contributed by atoms with Gasteiger partial charge in [-0.25, -0.2) is 0 Å². The van der Waals surface area contributed by atoms with Crippen LogP contribution in [0.1, 0.15) is 233 Å². The molecule has 0 aromatic carbocycles. The Kier molecular flexibility index (Phi) is 25.5. The van der Waals surface area contributed by atoms with Gasteiger partial charge in [0.15, 0.2) is 0 Å². The van der Waals surface area contributed by atoms with Gasteiger partial charge in [-0.1, -0.05) is 207 Å². The molecule has 1 aliphatic heterocycles. The lowest BCUT2D eigenvalue weighted by Gasteiger charge is -2.48. The molecule has 0 aromatic heterocycles. The molecule has 0 spiro atoms. The van der Waals surface area contributed by atoms with Crippen LogP contribution in [-0.4, -0.2) is 22.9 Å². The number of imide groups is 1. The van der Waals surface area contributed by atoms with Crippen molar-refractivity contribution < 1.29 is 9.59 Å². The molecule has 2 amide bonds. The van der Waals surface area contributed by atoms with E-state index in [1.54, 1.807) is 0 Å². The van der Waals surface area contributed by atoms with Gasteiger partial charge >= 0.3 is 0 Å². The van der Waals surface area contributed by atoms with Crippen LogP contribution >= 0.6 is 0 Å². The smallest absolute Gasteiger partial charge is 0.246 e. The average molecular weight is 619 g/mol. The fourth-order valence-electron chi connectivity index (χ4n) is 7.40. The molecule has 0 aromatic rings. The van der Waals surface area contributed by atoms with Crippen LogP contribution in [-0.2, 0) is 9.59 Å². The van der Waals surface area contributed by atoms with E-state index >= 15 is 0 Å². The summed E-state index contributed by atoms with van der Waals surface area (Å²) in [6, 6.07) is 0. The molecule has 1 heterocycles. The minimum absolute atomic E-state index is 0.0331. The number of carbonyl (C=O) groups is 2. The molecule has 1 saturated heterocycles. The highest BCUT2D eigenvalue weighted by atomic mass is 16.2. The van der Waals surface area contributed by atoms with Gasteiger partial charge in [0.2, 0.25) is 11.8 Å². The van der Waals surface area contributed by atoms with Crippen molar-refractivity contribution in [3.63, 3.8) is 0 Å². The van der Waals surface area contributed by atoms with E-state index in [1.807, 2.05) is 0 Å². The summed E-state index contributed by atoms with van der Waals surface area (Å²) in [5.74, 6) is -0.0663. The number of piperazine rings is 1. The highest BCUT2D eigenvalue weighted by Crippen LogP contribution is 2.35. The topological polar surface area (TPSA) is 58.2 Å². The maximum absolute atomic E-state index is 13.8. The Labute approximate surface area is 275 Å². The summed E-state index contributed by atoms with van der Waals surface area (Å²) in [6.07, 6.45) is 38.5. The van der Waals surface area contributed by atoms with Crippen LogP contribution in [0.15, 0.2) is 0 Å². The molecule has 1 fully saturated rings. The first-order valence-electron chi connectivity index (χ1n) is 20.2. The summed E-state index contributed by atoms with van der Waals surface area (Å²) in [4.78, 5) is 27.6. The summed E-state index contributed by atoms with van der Waals surface area (Å²) >= 11 is 0. The molecule has 0 saturated carbocycles. The highest BCUT2D eigenvalue weighted by molar-refractivity contribution is 6.06. The molecule has 0 unspecified atom stereocenters. The molecule has 260 valence electrons. The molecule has 4 nitrogen and oxygen atoms in total. The van der Waals surface area contributed by atoms with E-state index in [9.17, 15) is 9.59 Å². The molecule has 2 N–H and O–H groups in total. The Morgan fingerprint density at radius 2 is 0.545 bits per heavy atom. The van der Waals surface area contributed by atoms with Gasteiger partial charge in [0.1, 0.15) is 0 Å². The SMILES string of the molecule is CCCCCCCCCC1(CCCCCCCCC)NC(CCCCCCCCC)(CCCCCCCCC)C(=O)NC1=O. The van der Waals surface area contributed by atoms with Crippen molar-refractivity contribution in [2.75, 3.05) is 0 Å². The first-order valence-corrected chi connectivity index (χ1v) is 20.2. The highest BCUT2D eigenvalue weighted by Gasteiger charge is 2.52. The zero-order valence-corrected chi connectivity index (χ0v) is 30.4. The number of rotatable bonds is 32. The van der Waals surface area contributed by atoms with E-state index < -0.39 is 11.1 Å². The second-order valence-corrected chi connectivity index (χ2v) is 14.6. The van der Waals surface area contributed by atoms with Crippen molar-refractivity contribution in [1.82, 2.24) is 10.6 Å². The summed E-state index contributed by atoms with van der Waals surface area (Å²) in [5, 5.41) is 6.96. The van der Waals surface area contributed by atoms with E-state index in [4.69, 9.17) is 0 Å². The second-order valence-electron chi connectivity index (χ2n) is 14.6. The minimum Gasteiger partial charge on any atom is -0.293 e. The monoisotopic (exact) mass is 619 g/mol. The third kappa shape index (κ3) is 17.7. The van der Waals surface area contributed by atoms with Gasteiger partial charge < -0.3 is 0 Å². The van der Waals surface area contributed by atoms with Crippen LogP contribution in [0.5, 0.6) is 0 Å². The predicted octanol–water partition coefficient (Wildman–Crippen LogP) is 12.3. The maximum Gasteiger partial charge on any atom is 0.246 e. The fraction of sp³-hybridized carbons (Fsp3) is 0.950. The van der Waals surface area contributed by atoms with Crippen molar-refractivity contribution >= 4 is 11.8 Å². The van der Waals surface area contributed by atoms with E-state index in [2.05, 4.69) is 38.3 Å². The van der Waals surface area contributed by atoms with Gasteiger partial charge in [-0.3, -0.25) is 20.2 Å². The van der Waals surface area contributed by atoms with E-state index in [-0.39, 0.29) is 11.8 Å². The lowest BCUT2D eigenvalue weighted by molar-refractivity contribution is -0.147. The van der Waals surface area contributed by atoms with E-state index in [0.717, 1.165) is 51.4 Å². The summed E-state index contributed by atoms with van der Waals surface area (Å²) < 4.78 is 0. The number of unbranched alkanes of at least 4 members (excludes halogenated alkanes) is 24. The third-order valence-electron chi connectivity index (χ3n) is 10.4. The predicted molar refractivity (Wildman–Crippen MR) is 192 cm³/mol.